The minimum absolute atomic E-state index is 0.122. The van der Waals surface area contributed by atoms with E-state index >= 15 is 0 Å². The molecule has 0 radical (unpaired) electrons. The summed E-state index contributed by atoms with van der Waals surface area (Å²) in [6.45, 7) is 0.147. The van der Waals surface area contributed by atoms with Gasteiger partial charge in [0.1, 0.15) is 5.82 Å². The van der Waals surface area contributed by atoms with Crippen LogP contribution in [0.25, 0.3) is 0 Å². The van der Waals surface area contributed by atoms with Crippen LogP contribution >= 0.6 is 12.6 Å². The van der Waals surface area contributed by atoms with Gasteiger partial charge in [-0.1, -0.05) is 5.16 Å². The molecule has 1 N–H and O–H groups in total. The van der Waals surface area contributed by atoms with Gasteiger partial charge in [0.2, 0.25) is 6.39 Å². The molecule has 0 atom stereocenters. The van der Waals surface area contributed by atoms with Gasteiger partial charge in [-0.3, -0.25) is 4.79 Å². The third-order valence-electron chi connectivity index (χ3n) is 2.02. The summed E-state index contributed by atoms with van der Waals surface area (Å²) < 4.78 is 17.4. The van der Waals surface area contributed by atoms with Gasteiger partial charge in [-0.25, -0.2) is 4.39 Å². The second-order valence-electron chi connectivity index (χ2n) is 3.20. The Morgan fingerprint density at radius 2 is 2.35 bits per heavy atom. The van der Waals surface area contributed by atoms with Gasteiger partial charge < -0.3 is 9.84 Å². The van der Waals surface area contributed by atoms with Crippen LogP contribution in [0, 0.1) is 5.82 Å². The summed E-state index contributed by atoms with van der Waals surface area (Å²) >= 11 is 3.90. The Morgan fingerprint density at radius 1 is 1.53 bits per heavy atom. The molecule has 0 unspecified atom stereocenters. The Labute approximate surface area is 101 Å². The summed E-state index contributed by atoms with van der Waals surface area (Å²) in [4.78, 5) is 15.5. The number of hydrogen-bond donors (Lipinski definition) is 2. The average molecular weight is 253 g/mol. The molecule has 0 aliphatic rings. The fourth-order valence-corrected chi connectivity index (χ4v) is 1.40. The van der Waals surface area contributed by atoms with Gasteiger partial charge in [0.25, 0.3) is 5.91 Å². The summed E-state index contributed by atoms with van der Waals surface area (Å²) in [5.74, 6) is -0.459. The van der Waals surface area contributed by atoms with Crippen molar-refractivity contribution in [1.29, 1.82) is 0 Å². The topological polar surface area (TPSA) is 68.0 Å². The van der Waals surface area contributed by atoms with Crippen molar-refractivity contribution in [2.75, 3.05) is 0 Å². The lowest BCUT2D eigenvalue weighted by Crippen LogP contribution is -2.23. The summed E-state index contributed by atoms with van der Waals surface area (Å²) in [6.07, 6.45) is 1.17. The van der Waals surface area contributed by atoms with Crippen LogP contribution in [-0.4, -0.2) is 16.0 Å². The van der Waals surface area contributed by atoms with E-state index in [1.54, 1.807) is 0 Å². The van der Waals surface area contributed by atoms with Crippen LogP contribution in [-0.2, 0) is 6.54 Å². The molecule has 0 saturated carbocycles. The summed E-state index contributed by atoms with van der Waals surface area (Å²) in [7, 11) is 0. The van der Waals surface area contributed by atoms with Crippen LogP contribution in [0.2, 0.25) is 0 Å². The number of amides is 1. The molecular formula is C10H8FN3O2S. The minimum atomic E-state index is -0.469. The van der Waals surface area contributed by atoms with Crippen molar-refractivity contribution in [3.8, 4) is 0 Å². The number of carbonyl (C=O) groups excluding carboxylic acids is 1. The molecule has 1 aromatic heterocycles. The fraction of sp³-hybridized carbons (Fsp3) is 0.100. The highest BCUT2D eigenvalue weighted by Crippen LogP contribution is 2.14. The lowest BCUT2D eigenvalue weighted by Gasteiger charge is -2.03. The van der Waals surface area contributed by atoms with Gasteiger partial charge in [-0.15, -0.1) is 12.6 Å². The predicted octanol–water partition coefficient (Wildman–Crippen LogP) is 1.43. The highest BCUT2D eigenvalue weighted by atomic mass is 32.1. The number of nitrogens with one attached hydrogen (secondary N) is 1. The molecule has 0 bridgehead atoms. The predicted molar refractivity (Wildman–Crippen MR) is 59.1 cm³/mol. The van der Waals surface area contributed by atoms with Crippen LogP contribution in [0.3, 0.4) is 0 Å². The summed E-state index contributed by atoms with van der Waals surface area (Å²) in [5, 5.41) is 6.11. The van der Waals surface area contributed by atoms with Crippen molar-refractivity contribution in [1.82, 2.24) is 15.5 Å². The number of hydrogen-bond acceptors (Lipinski definition) is 5. The fourth-order valence-electron chi connectivity index (χ4n) is 1.19. The van der Waals surface area contributed by atoms with Crippen molar-refractivity contribution < 1.29 is 13.7 Å². The molecule has 1 amide bonds. The van der Waals surface area contributed by atoms with Crippen LogP contribution in [0.5, 0.6) is 0 Å². The van der Waals surface area contributed by atoms with E-state index in [4.69, 9.17) is 0 Å². The molecule has 1 heterocycles. The van der Waals surface area contributed by atoms with E-state index in [1.807, 2.05) is 0 Å². The first-order valence-corrected chi connectivity index (χ1v) is 5.13. The van der Waals surface area contributed by atoms with E-state index in [-0.39, 0.29) is 17.3 Å². The molecule has 17 heavy (non-hydrogen) atoms. The van der Waals surface area contributed by atoms with Crippen molar-refractivity contribution >= 4 is 18.5 Å². The highest BCUT2D eigenvalue weighted by molar-refractivity contribution is 7.80. The molecule has 7 heteroatoms. The first-order valence-electron chi connectivity index (χ1n) is 4.69. The van der Waals surface area contributed by atoms with E-state index in [2.05, 4.69) is 32.6 Å². The Balaban J connectivity index is 2.02. The molecule has 2 rings (SSSR count). The quantitative estimate of drug-likeness (QED) is 0.812. The molecule has 2 aromatic rings. The summed E-state index contributed by atoms with van der Waals surface area (Å²) in [6, 6.07) is 3.91. The van der Waals surface area contributed by atoms with Gasteiger partial charge >= 0.3 is 0 Å². The van der Waals surface area contributed by atoms with Gasteiger partial charge in [0.05, 0.1) is 6.54 Å². The minimum Gasteiger partial charge on any atom is -0.345 e. The van der Waals surface area contributed by atoms with Gasteiger partial charge in [-0.05, 0) is 18.2 Å². The zero-order chi connectivity index (χ0) is 12.3. The number of benzene rings is 1. The van der Waals surface area contributed by atoms with Crippen LogP contribution < -0.4 is 5.32 Å². The monoisotopic (exact) mass is 253 g/mol. The van der Waals surface area contributed by atoms with Crippen molar-refractivity contribution in [3.05, 3.63) is 41.8 Å². The molecule has 0 spiro atoms. The molecule has 0 fully saturated rings. The van der Waals surface area contributed by atoms with Crippen LogP contribution in [0.4, 0.5) is 4.39 Å². The zero-order valence-electron chi connectivity index (χ0n) is 8.55. The van der Waals surface area contributed by atoms with Crippen LogP contribution in [0.1, 0.15) is 16.2 Å². The van der Waals surface area contributed by atoms with E-state index in [1.165, 1.54) is 24.6 Å². The Hall–Kier alpha value is -1.89. The van der Waals surface area contributed by atoms with Crippen LogP contribution in [0.15, 0.2) is 34.0 Å². The first kappa shape index (κ1) is 11.6. The number of halogens is 1. The molecular weight excluding hydrogens is 245 g/mol. The lowest BCUT2D eigenvalue weighted by molar-refractivity contribution is 0.0949. The van der Waals surface area contributed by atoms with Gasteiger partial charge in [0.15, 0.2) is 5.82 Å². The standard InChI is InChI=1S/C10H8FN3O2S/c11-7-2-1-6(3-8(7)17)10(15)12-4-9-13-5-16-14-9/h1-3,5,17H,4H2,(H,12,15). The first-order chi connectivity index (χ1) is 8.16. The number of aromatic nitrogens is 2. The molecule has 1 aromatic carbocycles. The Morgan fingerprint density at radius 3 is 3.00 bits per heavy atom. The van der Waals surface area contributed by atoms with E-state index in [9.17, 15) is 9.18 Å². The lowest BCUT2D eigenvalue weighted by atomic mass is 10.2. The maximum atomic E-state index is 12.9. The van der Waals surface area contributed by atoms with E-state index in [0.29, 0.717) is 11.4 Å². The molecule has 88 valence electrons. The highest BCUT2D eigenvalue weighted by Gasteiger charge is 2.08. The second-order valence-corrected chi connectivity index (χ2v) is 3.68. The van der Waals surface area contributed by atoms with E-state index < -0.39 is 5.82 Å². The maximum Gasteiger partial charge on any atom is 0.251 e. The number of nitrogens with zero attached hydrogens (tertiary/aromatic N) is 2. The Kier molecular flexibility index (Phi) is 3.38. The Bertz CT molecular complexity index is 530. The van der Waals surface area contributed by atoms with Gasteiger partial charge in [0, 0.05) is 10.5 Å². The molecule has 5 nitrogen and oxygen atoms in total. The molecule has 0 aliphatic heterocycles. The number of thiol groups is 1. The van der Waals surface area contributed by atoms with Crippen molar-refractivity contribution in [2.45, 2.75) is 11.4 Å². The zero-order valence-corrected chi connectivity index (χ0v) is 9.45. The number of rotatable bonds is 3. The SMILES string of the molecule is O=C(NCc1ncon1)c1ccc(F)c(S)c1. The third kappa shape index (κ3) is 2.82. The molecule has 0 saturated heterocycles. The molecule has 0 aliphatic carbocycles. The average Bonchev–Trinajstić information content (AvgIpc) is 2.82. The third-order valence-corrected chi connectivity index (χ3v) is 2.37. The smallest absolute Gasteiger partial charge is 0.251 e. The largest absolute Gasteiger partial charge is 0.345 e. The van der Waals surface area contributed by atoms with Crippen molar-refractivity contribution in [2.24, 2.45) is 0 Å². The van der Waals surface area contributed by atoms with Gasteiger partial charge in [-0.2, -0.15) is 4.98 Å². The number of carbonyl (C=O) groups is 1. The van der Waals surface area contributed by atoms with Crippen molar-refractivity contribution in [3.63, 3.8) is 0 Å². The second kappa shape index (κ2) is 4.96. The summed E-state index contributed by atoms with van der Waals surface area (Å²) in [5.41, 5.74) is 0.319. The van der Waals surface area contributed by atoms with E-state index in [0.717, 1.165) is 0 Å². The maximum absolute atomic E-state index is 12.9. The normalized spacial score (nSPS) is 10.2.